The van der Waals surface area contributed by atoms with E-state index in [0.717, 1.165) is 23.9 Å². The fourth-order valence-electron chi connectivity index (χ4n) is 3.07. The topological polar surface area (TPSA) is 82.6 Å². The summed E-state index contributed by atoms with van der Waals surface area (Å²) in [6, 6.07) is 9.05. The number of nitrogens with one attached hydrogen (secondary N) is 1. The van der Waals surface area contributed by atoms with Gasteiger partial charge in [-0.15, -0.1) is 0 Å². The second-order valence-corrected chi connectivity index (χ2v) is 8.60. The van der Waals surface area contributed by atoms with Gasteiger partial charge in [-0.05, 0) is 30.3 Å². The van der Waals surface area contributed by atoms with Gasteiger partial charge in [-0.2, -0.15) is 13.2 Å². The van der Waals surface area contributed by atoms with Gasteiger partial charge in [-0.1, -0.05) is 12.1 Å². The summed E-state index contributed by atoms with van der Waals surface area (Å²) in [5.74, 6) is -0.428. The third kappa shape index (κ3) is 5.77. The SMILES string of the molecule is O=C(CNS(=O)(=O)c1cccc(C(F)(F)F)c1)N1CCN(Cc2ccccn2)CC1. The molecule has 7 nitrogen and oxygen atoms in total. The molecule has 1 aliphatic rings. The fraction of sp³-hybridized carbons (Fsp3) is 0.368. The molecule has 3 rings (SSSR count). The number of hydrogen-bond donors (Lipinski definition) is 1. The van der Waals surface area contributed by atoms with E-state index in [9.17, 15) is 26.4 Å². The van der Waals surface area contributed by atoms with Crippen molar-refractivity contribution in [1.29, 1.82) is 0 Å². The maximum absolute atomic E-state index is 12.8. The van der Waals surface area contributed by atoms with Crippen molar-refractivity contribution in [1.82, 2.24) is 19.5 Å². The van der Waals surface area contributed by atoms with Gasteiger partial charge in [0.05, 0.1) is 22.7 Å². The van der Waals surface area contributed by atoms with E-state index in [4.69, 9.17) is 0 Å². The number of piperazine rings is 1. The van der Waals surface area contributed by atoms with Gasteiger partial charge in [0, 0.05) is 38.9 Å². The average molecular weight is 442 g/mol. The molecule has 0 spiro atoms. The molecular formula is C19H21F3N4O3S. The van der Waals surface area contributed by atoms with Gasteiger partial charge < -0.3 is 4.90 Å². The summed E-state index contributed by atoms with van der Waals surface area (Å²) in [5, 5.41) is 0. The molecule has 0 saturated carbocycles. The quantitative estimate of drug-likeness (QED) is 0.737. The zero-order chi connectivity index (χ0) is 21.8. The summed E-state index contributed by atoms with van der Waals surface area (Å²) >= 11 is 0. The number of nitrogens with zero attached hydrogens (tertiary/aromatic N) is 3. The van der Waals surface area contributed by atoms with Crippen molar-refractivity contribution in [2.75, 3.05) is 32.7 Å². The second kappa shape index (κ2) is 9.11. The van der Waals surface area contributed by atoms with Crippen molar-refractivity contribution in [2.24, 2.45) is 0 Å². The van der Waals surface area contributed by atoms with Crippen LogP contribution in [-0.2, 0) is 27.5 Å². The van der Waals surface area contributed by atoms with Crippen LogP contribution in [0.25, 0.3) is 0 Å². The summed E-state index contributed by atoms with van der Waals surface area (Å²) in [5.41, 5.74) is -0.146. The number of pyridine rings is 1. The van der Waals surface area contributed by atoms with Gasteiger partial charge in [-0.25, -0.2) is 13.1 Å². The van der Waals surface area contributed by atoms with Crippen LogP contribution in [0.1, 0.15) is 11.3 Å². The van der Waals surface area contributed by atoms with Crippen molar-refractivity contribution >= 4 is 15.9 Å². The molecule has 1 aliphatic heterocycles. The van der Waals surface area contributed by atoms with E-state index in [2.05, 4.69) is 14.6 Å². The lowest BCUT2D eigenvalue weighted by atomic mass is 10.2. The maximum atomic E-state index is 12.8. The number of rotatable bonds is 6. The number of alkyl halides is 3. The van der Waals surface area contributed by atoms with Crippen LogP contribution in [0.3, 0.4) is 0 Å². The number of benzene rings is 1. The van der Waals surface area contributed by atoms with Crippen LogP contribution in [0.15, 0.2) is 53.6 Å². The van der Waals surface area contributed by atoms with Gasteiger partial charge in [0.15, 0.2) is 0 Å². The normalized spacial score (nSPS) is 15.9. The lowest BCUT2D eigenvalue weighted by Gasteiger charge is -2.34. The van der Waals surface area contributed by atoms with E-state index in [1.165, 1.54) is 4.90 Å². The average Bonchev–Trinajstić information content (AvgIpc) is 2.73. The standard InChI is InChI=1S/C19H21F3N4O3S/c20-19(21,22)15-4-3-6-17(12-15)30(28,29)24-13-18(27)26-10-8-25(9-11-26)14-16-5-1-2-7-23-16/h1-7,12,24H,8-11,13-14H2. The zero-order valence-electron chi connectivity index (χ0n) is 16.0. The molecule has 0 aliphatic carbocycles. The molecule has 11 heteroatoms. The number of carbonyl (C=O) groups is 1. The van der Waals surface area contributed by atoms with Crippen molar-refractivity contribution < 1.29 is 26.4 Å². The molecule has 0 unspecified atom stereocenters. The highest BCUT2D eigenvalue weighted by Gasteiger charge is 2.32. The number of hydrogen-bond acceptors (Lipinski definition) is 5. The molecule has 0 bridgehead atoms. The van der Waals surface area contributed by atoms with E-state index < -0.39 is 39.1 Å². The first-order chi connectivity index (χ1) is 14.1. The lowest BCUT2D eigenvalue weighted by molar-refractivity contribution is -0.137. The van der Waals surface area contributed by atoms with Crippen LogP contribution in [0, 0.1) is 0 Å². The first kappa shape index (κ1) is 22.2. The van der Waals surface area contributed by atoms with Crippen LogP contribution >= 0.6 is 0 Å². The highest BCUT2D eigenvalue weighted by molar-refractivity contribution is 7.89. The number of carbonyl (C=O) groups excluding carboxylic acids is 1. The minimum absolute atomic E-state index is 0.428. The number of amides is 1. The summed E-state index contributed by atoms with van der Waals surface area (Å²) in [4.78, 5) is 19.8. The Morgan fingerprint density at radius 1 is 1.07 bits per heavy atom. The van der Waals surface area contributed by atoms with E-state index in [-0.39, 0.29) is 0 Å². The zero-order valence-corrected chi connectivity index (χ0v) is 16.8. The first-order valence-corrected chi connectivity index (χ1v) is 10.7. The minimum Gasteiger partial charge on any atom is -0.339 e. The van der Waals surface area contributed by atoms with Crippen LogP contribution in [0.4, 0.5) is 13.2 Å². The van der Waals surface area contributed by atoms with Crippen LogP contribution in [0.5, 0.6) is 0 Å². The van der Waals surface area contributed by atoms with Crippen LogP contribution in [0.2, 0.25) is 0 Å². The molecule has 30 heavy (non-hydrogen) atoms. The molecule has 2 heterocycles. The Labute approximate surface area is 172 Å². The Kier molecular flexibility index (Phi) is 6.74. The monoisotopic (exact) mass is 442 g/mol. The molecule has 1 amide bonds. The van der Waals surface area contributed by atoms with Crippen molar-refractivity contribution in [3.63, 3.8) is 0 Å². The molecule has 1 aromatic heterocycles. The summed E-state index contributed by atoms with van der Waals surface area (Å²) in [6.07, 6.45) is -2.94. The molecule has 1 N–H and O–H groups in total. The molecule has 162 valence electrons. The Balaban J connectivity index is 1.52. The van der Waals surface area contributed by atoms with Crippen molar-refractivity contribution in [2.45, 2.75) is 17.6 Å². The number of sulfonamides is 1. The first-order valence-electron chi connectivity index (χ1n) is 9.22. The van der Waals surface area contributed by atoms with E-state index >= 15 is 0 Å². The van der Waals surface area contributed by atoms with Crippen molar-refractivity contribution in [3.05, 3.63) is 59.9 Å². The molecule has 1 saturated heterocycles. The van der Waals surface area contributed by atoms with Gasteiger partial charge in [0.1, 0.15) is 0 Å². The predicted octanol–water partition coefficient (Wildman–Crippen LogP) is 1.72. The molecule has 1 fully saturated rings. The summed E-state index contributed by atoms with van der Waals surface area (Å²) in [6.45, 7) is 2.23. The lowest BCUT2D eigenvalue weighted by Crippen LogP contribution is -2.50. The Morgan fingerprint density at radius 3 is 2.43 bits per heavy atom. The molecular weight excluding hydrogens is 421 g/mol. The maximum Gasteiger partial charge on any atom is 0.416 e. The second-order valence-electron chi connectivity index (χ2n) is 6.83. The molecule has 1 aromatic carbocycles. The van der Waals surface area contributed by atoms with Crippen molar-refractivity contribution in [3.8, 4) is 0 Å². The number of halogens is 3. The Hall–Kier alpha value is -2.50. The third-order valence-electron chi connectivity index (χ3n) is 4.72. The van der Waals surface area contributed by atoms with E-state index in [1.54, 1.807) is 6.20 Å². The van der Waals surface area contributed by atoms with Crippen LogP contribution in [-0.4, -0.2) is 61.8 Å². The van der Waals surface area contributed by atoms with Gasteiger partial charge >= 0.3 is 6.18 Å². The van der Waals surface area contributed by atoms with E-state index in [1.807, 2.05) is 18.2 Å². The highest BCUT2D eigenvalue weighted by Crippen LogP contribution is 2.30. The summed E-state index contributed by atoms with van der Waals surface area (Å²) < 4.78 is 65.1. The number of aromatic nitrogens is 1. The summed E-state index contributed by atoms with van der Waals surface area (Å²) in [7, 11) is -4.24. The minimum atomic E-state index is -4.66. The molecule has 0 radical (unpaired) electrons. The molecule has 0 atom stereocenters. The largest absolute Gasteiger partial charge is 0.416 e. The van der Waals surface area contributed by atoms with Gasteiger partial charge in [0.2, 0.25) is 15.9 Å². The van der Waals surface area contributed by atoms with Gasteiger partial charge in [0.25, 0.3) is 0 Å². The highest BCUT2D eigenvalue weighted by atomic mass is 32.2. The Morgan fingerprint density at radius 2 is 1.80 bits per heavy atom. The van der Waals surface area contributed by atoms with E-state index in [0.29, 0.717) is 38.8 Å². The van der Waals surface area contributed by atoms with Crippen LogP contribution < -0.4 is 4.72 Å². The predicted molar refractivity (Wildman–Crippen MR) is 103 cm³/mol. The van der Waals surface area contributed by atoms with Gasteiger partial charge in [-0.3, -0.25) is 14.7 Å². The molecule has 2 aromatic rings. The smallest absolute Gasteiger partial charge is 0.339 e. The third-order valence-corrected chi connectivity index (χ3v) is 6.12. The Bertz CT molecular complexity index is 976. The fourth-order valence-corrected chi connectivity index (χ4v) is 4.09.